The van der Waals surface area contributed by atoms with Crippen molar-refractivity contribution in [1.82, 2.24) is 5.32 Å². The summed E-state index contributed by atoms with van der Waals surface area (Å²) in [6, 6.07) is 9.29. The Morgan fingerprint density at radius 2 is 2.25 bits per heavy atom. The molecule has 2 heteroatoms. The summed E-state index contributed by atoms with van der Waals surface area (Å²) in [7, 11) is 0. The number of piperidine rings is 1. The van der Waals surface area contributed by atoms with E-state index < -0.39 is 0 Å². The van der Waals surface area contributed by atoms with Crippen LogP contribution < -0.4 is 11.1 Å². The average Bonchev–Trinajstić information content (AvgIpc) is 2.29. The molecule has 86 valence electrons. The number of nitrogen functional groups attached to an aromatic ring is 1. The number of nitrogens with two attached hydrogens (primary N) is 1. The molecule has 3 N–H and O–H groups in total. The predicted molar refractivity (Wildman–Crippen MR) is 67.4 cm³/mol. The zero-order chi connectivity index (χ0) is 11.0. The normalized spacial score (nSPS) is 33.6. The van der Waals surface area contributed by atoms with Gasteiger partial charge in [-0.25, -0.2) is 0 Å². The Bertz CT molecular complexity index is 376. The van der Waals surface area contributed by atoms with Gasteiger partial charge in [0.05, 0.1) is 0 Å². The highest BCUT2D eigenvalue weighted by molar-refractivity contribution is 5.44. The van der Waals surface area contributed by atoms with Crippen LogP contribution in [0.3, 0.4) is 0 Å². The first-order valence-corrected chi connectivity index (χ1v) is 6.38. The van der Waals surface area contributed by atoms with Gasteiger partial charge in [-0.1, -0.05) is 18.6 Å². The smallest absolute Gasteiger partial charge is 0.0316 e. The average molecular weight is 216 g/mol. The van der Waals surface area contributed by atoms with Crippen molar-refractivity contribution in [2.24, 2.45) is 0 Å². The highest BCUT2D eigenvalue weighted by Gasteiger charge is 2.40. The van der Waals surface area contributed by atoms with Crippen molar-refractivity contribution in [3.05, 3.63) is 29.8 Å². The summed E-state index contributed by atoms with van der Waals surface area (Å²) >= 11 is 0. The van der Waals surface area contributed by atoms with Crippen molar-refractivity contribution in [3.63, 3.8) is 0 Å². The van der Waals surface area contributed by atoms with Gasteiger partial charge in [0.1, 0.15) is 0 Å². The van der Waals surface area contributed by atoms with E-state index in [9.17, 15) is 0 Å². The van der Waals surface area contributed by atoms with Gasteiger partial charge in [0.15, 0.2) is 0 Å². The lowest BCUT2D eigenvalue weighted by Gasteiger charge is -2.46. The molecule has 1 aromatic rings. The molecule has 2 atom stereocenters. The molecule has 1 heterocycles. The predicted octanol–water partition coefficient (Wildman–Crippen LogP) is 2.44. The fourth-order valence-corrected chi connectivity index (χ4v) is 3.55. The van der Waals surface area contributed by atoms with E-state index in [-0.39, 0.29) is 0 Å². The Morgan fingerprint density at radius 3 is 3.12 bits per heavy atom. The Morgan fingerprint density at radius 1 is 1.31 bits per heavy atom. The minimum Gasteiger partial charge on any atom is -0.399 e. The van der Waals surface area contributed by atoms with Gasteiger partial charge >= 0.3 is 0 Å². The molecule has 1 aromatic carbocycles. The molecule has 2 unspecified atom stereocenters. The van der Waals surface area contributed by atoms with Crippen molar-refractivity contribution in [1.29, 1.82) is 0 Å². The molecular formula is C14H20N2. The maximum atomic E-state index is 5.92. The van der Waals surface area contributed by atoms with E-state index in [0.717, 1.165) is 11.7 Å². The molecule has 1 saturated carbocycles. The summed E-state index contributed by atoms with van der Waals surface area (Å²) in [5.74, 6) is 0. The summed E-state index contributed by atoms with van der Waals surface area (Å²) in [6.07, 6.45) is 6.62. The van der Waals surface area contributed by atoms with Gasteiger partial charge in [-0.05, 0) is 55.3 Å². The van der Waals surface area contributed by atoms with Crippen molar-refractivity contribution in [2.75, 3.05) is 12.3 Å². The van der Waals surface area contributed by atoms with E-state index >= 15 is 0 Å². The van der Waals surface area contributed by atoms with Crippen LogP contribution in [-0.4, -0.2) is 12.6 Å². The monoisotopic (exact) mass is 216 g/mol. The Kier molecular flexibility index (Phi) is 2.40. The minimum absolute atomic E-state index is 0.420. The third-order valence-corrected chi connectivity index (χ3v) is 4.38. The second-order valence-electron chi connectivity index (χ2n) is 5.40. The van der Waals surface area contributed by atoms with Crippen LogP contribution in [0.5, 0.6) is 0 Å². The largest absolute Gasteiger partial charge is 0.399 e. The van der Waals surface area contributed by atoms with Gasteiger partial charge in [0, 0.05) is 11.7 Å². The Balaban J connectivity index is 1.96. The number of hydrogen-bond donors (Lipinski definition) is 2. The van der Waals surface area contributed by atoms with E-state index in [2.05, 4.69) is 23.5 Å². The minimum atomic E-state index is 0.420. The van der Waals surface area contributed by atoms with Crippen LogP contribution in [0.2, 0.25) is 0 Å². The van der Waals surface area contributed by atoms with E-state index in [0.29, 0.717) is 5.41 Å². The van der Waals surface area contributed by atoms with Gasteiger partial charge in [0.2, 0.25) is 0 Å². The first-order chi connectivity index (χ1) is 7.78. The lowest BCUT2D eigenvalue weighted by atomic mass is 9.64. The molecule has 3 rings (SSSR count). The molecule has 0 spiro atoms. The quantitative estimate of drug-likeness (QED) is 0.708. The third kappa shape index (κ3) is 1.61. The Hall–Kier alpha value is -1.02. The lowest BCUT2D eigenvalue weighted by Crippen LogP contribution is -2.49. The van der Waals surface area contributed by atoms with Crippen LogP contribution in [0.1, 0.15) is 37.7 Å². The fourth-order valence-electron chi connectivity index (χ4n) is 3.55. The zero-order valence-electron chi connectivity index (χ0n) is 9.71. The van der Waals surface area contributed by atoms with Crippen molar-refractivity contribution in [2.45, 2.75) is 43.6 Å². The molecule has 0 aromatic heterocycles. The van der Waals surface area contributed by atoms with Crippen LogP contribution in [0.25, 0.3) is 0 Å². The number of hydrogen-bond acceptors (Lipinski definition) is 2. The standard InChI is InChI=1S/C14H20N2/c15-12-4-1-3-11(9-12)14-6-2-5-13(10-14)16-8-7-14/h1,3-4,9,13,16H,2,5-8,10,15H2. The molecule has 2 nitrogen and oxygen atoms in total. The maximum absolute atomic E-state index is 5.92. The highest BCUT2D eigenvalue weighted by atomic mass is 14.9. The summed E-state index contributed by atoms with van der Waals surface area (Å²) < 4.78 is 0. The summed E-state index contributed by atoms with van der Waals surface area (Å²) in [5.41, 5.74) is 8.72. The van der Waals surface area contributed by atoms with Gasteiger partial charge in [-0.2, -0.15) is 0 Å². The number of fused-ring (bicyclic) bond motifs is 2. The molecule has 2 aliphatic rings. The molecular weight excluding hydrogens is 196 g/mol. The van der Waals surface area contributed by atoms with Gasteiger partial charge < -0.3 is 11.1 Å². The van der Waals surface area contributed by atoms with Crippen LogP contribution in [0, 0.1) is 0 Å². The first-order valence-electron chi connectivity index (χ1n) is 6.38. The van der Waals surface area contributed by atoms with Crippen LogP contribution >= 0.6 is 0 Å². The summed E-state index contributed by atoms with van der Waals surface area (Å²) in [4.78, 5) is 0. The second-order valence-corrected chi connectivity index (χ2v) is 5.40. The SMILES string of the molecule is Nc1cccc(C23CCCC(C2)NCC3)c1. The first kappa shape index (κ1) is 10.2. The lowest BCUT2D eigenvalue weighted by molar-refractivity contribution is 0.180. The molecule has 1 aliphatic carbocycles. The van der Waals surface area contributed by atoms with E-state index in [1.54, 1.807) is 0 Å². The molecule has 2 fully saturated rings. The highest BCUT2D eigenvalue weighted by Crippen LogP contribution is 2.44. The number of anilines is 1. The summed E-state index contributed by atoms with van der Waals surface area (Å²) in [5, 5.41) is 3.63. The van der Waals surface area contributed by atoms with Gasteiger partial charge in [-0.3, -0.25) is 0 Å². The molecule has 0 radical (unpaired) electrons. The third-order valence-electron chi connectivity index (χ3n) is 4.38. The maximum Gasteiger partial charge on any atom is 0.0316 e. The molecule has 2 bridgehead atoms. The second kappa shape index (κ2) is 3.77. The molecule has 16 heavy (non-hydrogen) atoms. The van der Waals surface area contributed by atoms with Gasteiger partial charge in [0.25, 0.3) is 0 Å². The number of nitrogens with one attached hydrogen (secondary N) is 1. The van der Waals surface area contributed by atoms with Gasteiger partial charge in [-0.15, -0.1) is 0 Å². The van der Waals surface area contributed by atoms with E-state index in [1.165, 1.54) is 44.2 Å². The summed E-state index contributed by atoms with van der Waals surface area (Å²) in [6.45, 7) is 1.17. The van der Waals surface area contributed by atoms with Crippen molar-refractivity contribution < 1.29 is 0 Å². The fraction of sp³-hybridized carbons (Fsp3) is 0.571. The van der Waals surface area contributed by atoms with Crippen LogP contribution in [0.15, 0.2) is 24.3 Å². The zero-order valence-corrected chi connectivity index (χ0v) is 9.71. The van der Waals surface area contributed by atoms with Crippen LogP contribution in [0.4, 0.5) is 5.69 Å². The molecule has 1 aliphatic heterocycles. The number of benzene rings is 1. The van der Waals surface area contributed by atoms with Crippen molar-refractivity contribution >= 4 is 5.69 Å². The van der Waals surface area contributed by atoms with E-state index in [4.69, 9.17) is 5.73 Å². The Labute approximate surface area is 97.2 Å². The molecule has 1 saturated heterocycles. The van der Waals surface area contributed by atoms with Crippen molar-refractivity contribution in [3.8, 4) is 0 Å². The number of rotatable bonds is 1. The molecule has 0 amide bonds. The topological polar surface area (TPSA) is 38.0 Å². The van der Waals surface area contributed by atoms with E-state index in [1.807, 2.05) is 6.07 Å². The van der Waals surface area contributed by atoms with Crippen LogP contribution in [-0.2, 0) is 5.41 Å².